The first-order chi connectivity index (χ1) is 11.9. The quantitative estimate of drug-likeness (QED) is 0.267. The van der Waals surface area contributed by atoms with Crippen LogP contribution in [0.25, 0.3) is 32.3 Å². The van der Waals surface area contributed by atoms with Crippen LogP contribution in [0.15, 0.2) is 36.4 Å². The molecule has 6 nitrogen and oxygen atoms in total. The van der Waals surface area contributed by atoms with Crippen molar-refractivity contribution in [1.82, 2.24) is 0 Å². The molecule has 0 saturated heterocycles. The predicted octanol–water partition coefficient (Wildman–Crippen LogP) is 3.68. The lowest BCUT2D eigenvalue weighted by Crippen LogP contribution is -1.88. The van der Waals surface area contributed by atoms with E-state index in [0.717, 1.165) is 0 Å². The van der Waals surface area contributed by atoms with Crippen LogP contribution in [0, 0.1) is 0 Å². The second-order valence-electron chi connectivity index (χ2n) is 5.84. The van der Waals surface area contributed by atoms with E-state index in [0.29, 0.717) is 32.3 Å². The molecule has 0 unspecified atom stereocenters. The van der Waals surface area contributed by atoms with Crippen LogP contribution in [-0.2, 0) is 0 Å². The molecule has 25 heavy (non-hydrogen) atoms. The highest BCUT2D eigenvalue weighted by Crippen LogP contribution is 2.45. The number of benzene rings is 4. The molecular formula is C19H14O6. The minimum Gasteiger partial charge on any atom is -0.504 e. The normalized spacial score (nSPS) is 11.4. The molecule has 0 radical (unpaired) electrons. The Balaban J connectivity index is 2.36. The number of ether oxygens (including phenoxy) is 1. The van der Waals surface area contributed by atoms with E-state index in [1.807, 2.05) is 0 Å². The number of methoxy groups -OCH3 is 1. The van der Waals surface area contributed by atoms with Crippen molar-refractivity contribution in [2.45, 2.75) is 0 Å². The fraction of sp³-hybridized carbons (Fsp3) is 0.0526. The molecular weight excluding hydrogens is 324 g/mol. The van der Waals surface area contributed by atoms with Gasteiger partial charge in [-0.3, -0.25) is 0 Å². The average Bonchev–Trinajstić information content (AvgIpc) is 2.58. The van der Waals surface area contributed by atoms with Crippen molar-refractivity contribution in [3.8, 4) is 34.5 Å². The number of rotatable bonds is 1. The smallest absolute Gasteiger partial charge is 0.161 e. The molecule has 0 saturated carbocycles. The summed E-state index contributed by atoms with van der Waals surface area (Å²) in [5.74, 6) is -1.02. The van der Waals surface area contributed by atoms with Crippen molar-refractivity contribution < 1.29 is 30.3 Å². The Hall–Kier alpha value is -3.54. The minimum absolute atomic E-state index is 0.0776. The second kappa shape index (κ2) is 4.98. The van der Waals surface area contributed by atoms with Crippen molar-refractivity contribution in [1.29, 1.82) is 0 Å². The number of hydrogen-bond donors (Lipinski definition) is 5. The molecule has 5 N–H and O–H groups in total. The zero-order chi connectivity index (χ0) is 17.9. The summed E-state index contributed by atoms with van der Waals surface area (Å²) in [5.41, 5.74) is 0. The molecule has 126 valence electrons. The van der Waals surface area contributed by atoms with E-state index in [2.05, 4.69) is 0 Å². The van der Waals surface area contributed by atoms with Gasteiger partial charge < -0.3 is 30.3 Å². The number of phenolic OH excluding ortho intramolecular Hbond substituents is 5. The summed E-state index contributed by atoms with van der Waals surface area (Å²) >= 11 is 0. The van der Waals surface area contributed by atoms with Gasteiger partial charge in [0.2, 0.25) is 0 Å². The van der Waals surface area contributed by atoms with Crippen LogP contribution in [0.3, 0.4) is 0 Å². The molecule has 6 heteroatoms. The highest BCUT2D eigenvalue weighted by molar-refractivity contribution is 6.26. The van der Waals surface area contributed by atoms with Gasteiger partial charge >= 0.3 is 0 Å². The van der Waals surface area contributed by atoms with E-state index < -0.39 is 0 Å². The predicted molar refractivity (Wildman–Crippen MR) is 93.8 cm³/mol. The van der Waals surface area contributed by atoms with Crippen molar-refractivity contribution in [3.63, 3.8) is 0 Å². The molecule has 0 heterocycles. The first-order valence-electron chi connectivity index (χ1n) is 7.44. The van der Waals surface area contributed by atoms with Crippen LogP contribution in [0.1, 0.15) is 0 Å². The lowest BCUT2D eigenvalue weighted by molar-refractivity contribution is 0.374. The van der Waals surface area contributed by atoms with Crippen LogP contribution >= 0.6 is 0 Å². The minimum atomic E-state index is -0.307. The molecule has 0 fully saturated rings. The maximum absolute atomic E-state index is 10.1. The van der Waals surface area contributed by atoms with Crippen LogP contribution in [-0.4, -0.2) is 32.6 Å². The zero-order valence-corrected chi connectivity index (χ0v) is 13.1. The van der Waals surface area contributed by atoms with Crippen molar-refractivity contribution >= 4 is 32.3 Å². The van der Waals surface area contributed by atoms with Gasteiger partial charge in [-0.1, -0.05) is 0 Å². The molecule has 4 aromatic carbocycles. The van der Waals surface area contributed by atoms with E-state index in [1.165, 1.54) is 37.4 Å². The third-order valence-electron chi connectivity index (χ3n) is 4.42. The summed E-state index contributed by atoms with van der Waals surface area (Å²) in [6.45, 7) is 0. The van der Waals surface area contributed by atoms with Crippen molar-refractivity contribution in [2.75, 3.05) is 7.11 Å². The molecule has 0 aliphatic rings. The number of aromatic hydroxyl groups is 5. The molecule has 4 aromatic rings. The maximum atomic E-state index is 10.1. The van der Waals surface area contributed by atoms with Gasteiger partial charge in [-0.05, 0) is 68.7 Å². The third-order valence-corrected chi connectivity index (χ3v) is 4.42. The van der Waals surface area contributed by atoms with Gasteiger partial charge in [-0.15, -0.1) is 0 Å². The molecule has 0 amide bonds. The second-order valence-corrected chi connectivity index (χ2v) is 5.84. The van der Waals surface area contributed by atoms with Crippen LogP contribution in [0.2, 0.25) is 0 Å². The van der Waals surface area contributed by atoms with Crippen molar-refractivity contribution in [3.05, 3.63) is 36.4 Å². The fourth-order valence-corrected chi connectivity index (χ4v) is 3.22. The molecule has 0 aliphatic heterocycles. The highest BCUT2D eigenvalue weighted by Gasteiger charge is 2.16. The summed E-state index contributed by atoms with van der Waals surface area (Å²) in [5, 5.41) is 53.2. The number of phenols is 5. The monoisotopic (exact) mass is 338 g/mol. The van der Waals surface area contributed by atoms with Gasteiger partial charge in [0.15, 0.2) is 34.5 Å². The van der Waals surface area contributed by atoms with Gasteiger partial charge in [-0.2, -0.15) is 0 Å². The van der Waals surface area contributed by atoms with Crippen LogP contribution < -0.4 is 4.74 Å². The largest absolute Gasteiger partial charge is 0.504 e. The van der Waals surface area contributed by atoms with Gasteiger partial charge in [0, 0.05) is 0 Å². The molecule has 0 bridgehead atoms. The maximum Gasteiger partial charge on any atom is 0.161 e. The first kappa shape index (κ1) is 15.0. The van der Waals surface area contributed by atoms with E-state index in [-0.39, 0.29) is 34.5 Å². The van der Waals surface area contributed by atoms with Gasteiger partial charge in [-0.25, -0.2) is 0 Å². The Morgan fingerprint density at radius 1 is 0.480 bits per heavy atom. The van der Waals surface area contributed by atoms with Crippen LogP contribution in [0.4, 0.5) is 0 Å². The molecule has 0 aliphatic carbocycles. The summed E-state index contributed by atoms with van der Waals surface area (Å²) in [6.07, 6.45) is 0. The Morgan fingerprint density at radius 2 is 0.760 bits per heavy atom. The highest BCUT2D eigenvalue weighted by atomic mass is 16.5. The first-order valence-corrected chi connectivity index (χ1v) is 7.44. The third kappa shape index (κ3) is 2.04. The van der Waals surface area contributed by atoms with Crippen LogP contribution in [0.5, 0.6) is 34.5 Å². The van der Waals surface area contributed by atoms with E-state index in [9.17, 15) is 25.5 Å². The van der Waals surface area contributed by atoms with Gasteiger partial charge in [0.1, 0.15) is 0 Å². The Labute approximate surface area is 141 Å². The molecule has 0 aromatic heterocycles. The van der Waals surface area contributed by atoms with Gasteiger partial charge in [0.05, 0.1) is 7.11 Å². The lowest BCUT2D eigenvalue weighted by atomic mass is 9.93. The summed E-state index contributed by atoms with van der Waals surface area (Å²) in [7, 11) is 1.43. The summed E-state index contributed by atoms with van der Waals surface area (Å²) in [6, 6.07) is 8.69. The standard InChI is InChI=1S/C19H14O6/c1-25-19-7-13-11-5-17(23)15(21)3-9(11)8-2-14(20)16(22)4-10(8)12(13)6-18(19)24/h2-7,20-24H,1H3. The average molecular weight is 338 g/mol. The lowest BCUT2D eigenvalue weighted by Gasteiger charge is -2.14. The summed E-state index contributed by atoms with van der Waals surface area (Å²) in [4.78, 5) is 0. The van der Waals surface area contributed by atoms with Gasteiger partial charge in [0.25, 0.3) is 0 Å². The Morgan fingerprint density at radius 3 is 1.08 bits per heavy atom. The van der Waals surface area contributed by atoms with E-state index >= 15 is 0 Å². The van der Waals surface area contributed by atoms with Crippen molar-refractivity contribution in [2.24, 2.45) is 0 Å². The van der Waals surface area contributed by atoms with E-state index in [1.54, 1.807) is 6.07 Å². The SMILES string of the molecule is COc1cc2c3cc(O)c(O)cc3c3cc(O)c(O)cc3c2cc1O. The molecule has 4 rings (SSSR count). The Kier molecular flexibility index (Phi) is 2.99. The fourth-order valence-electron chi connectivity index (χ4n) is 3.22. The van der Waals surface area contributed by atoms with E-state index in [4.69, 9.17) is 4.74 Å². The zero-order valence-electron chi connectivity index (χ0n) is 13.1. The molecule has 0 spiro atoms. The number of fused-ring (bicyclic) bond motifs is 6. The Bertz CT molecular complexity index is 1140. The topological polar surface area (TPSA) is 110 Å². The summed E-state index contributed by atoms with van der Waals surface area (Å²) < 4.78 is 5.16. The molecule has 0 atom stereocenters. The number of hydrogen-bond acceptors (Lipinski definition) is 6.